The number of amides is 1. The number of rotatable bonds is 4. The van der Waals surface area contributed by atoms with E-state index in [0.717, 1.165) is 11.1 Å². The minimum Gasteiger partial charge on any atom is -0.391 e. The van der Waals surface area contributed by atoms with Crippen molar-refractivity contribution in [3.8, 4) is 0 Å². The third kappa shape index (κ3) is 5.53. The molecule has 3 rings (SSSR count). The van der Waals surface area contributed by atoms with Crippen LogP contribution in [0.2, 0.25) is 0 Å². The van der Waals surface area contributed by atoms with Crippen LogP contribution in [-0.2, 0) is 4.79 Å². The topological polar surface area (TPSA) is 140 Å². The predicted molar refractivity (Wildman–Crippen MR) is 115 cm³/mol. The average Bonchev–Trinajstić information content (AvgIpc) is 3.13. The summed E-state index contributed by atoms with van der Waals surface area (Å²) in [5.41, 5.74) is 13.2. The zero-order valence-corrected chi connectivity index (χ0v) is 18.2. The molecule has 1 amide bonds. The third-order valence-electron chi connectivity index (χ3n) is 4.67. The fourth-order valence-electron chi connectivity index (χ4n) is 2.86. The highest BCUT2D eigenvalue weighted by Gasteiger charge is 2.26. The maximum Gasteiger partial charge on any atom is 0.434 e. The number of nitrogens with zero attached hydrogens (tertiary/aromatic N) is 1. The number of nitrogens with two attached hydrogens (primary N) is 2. The Morgan fingerprint density at radius 1 is 1.40 bits per heavy atom. The third-order valence-corrected chi connectivity index (χ3v) is 5.30. The van der Waals surface area contributed by atoms with Gasteiger partial charge in [-0.1, -0.05) is 24.6 Å². The highest BCUT2D eigenvalue weighted by atomic mass is 35.5. The van der Waals surface area contributed by atoms with Gasteiger partial charge in [-0.05, 0) is 48.8 Å². The first kappa shape index (κ1) is 23.7. The number of benzene rings is 1. The first-order chi connectivity index (χ1) is 14.0. The molecule has 162 valence electrons. The summed E-state index contributed by atoms with van der Waals surface area (Å²) in [6.45, 7) is 5.53. The van der Waals surface area contributed by atoms with Crippen LogP contribution in [0, 0.1) is 19.7 Å². The second kappa shape index (κ2) is 9.96. The molecule has 0 aliphatic carbocycles. The number of halogens is 2. The molecule has 0 bridgehead atoms. The van der Waals surface area contributed by atoms with Crippen molar-refractivity contribution >= 4 is 30.1 Å². The molecular weight excluding hydrogens is 433 g/mol. The summed E-state index contributed by atoms with van der Waals surface area (Å²) in [5, 5.41) is 8.52. The van der Waals surface area contributed by atoms with Crippen LogP contribution < -0.4 is 22.5 Å². The first-order valence-electron chi connectivity index (χ1n) is 8.91. The summed E-state index contributed by atoms with van der Waals surface area (Å²) in [6, 6.07) is 2.46. The number of allylic oxidation sites excluding steroid dienone is 1. The van der Waals surface area contributed by atoms with E-state index in [-0.39, 0.29) is 28.8 Å². The molecule has 6 N–H and O–H groups in total. The monoisotopic (exact) mass is 455 g/mol. The molecule has 8 nitrogen and oxygen atoms in total. The Balaban J connectivity index is 0.000000248. The number of dihydropyridines is 1. The Bertz CT molecular complexity index is 1050. The maximum atomic E-state index is 14.0. The number of hydrogen-bond donors (Lipinski definition) is 5. The van der Waals surface area contributed by atoms with Crippen molar-refractivity contribution in [1.82, 2.24) is 15.5 Å². The van der Waals surface area contributed by atoms with Crippen molar-refractivity contribution in [3.05, 3.63) is 73.8 Å². The van der Waals surface area contributed by atoms with Gasteiger partial charge in [-0.15, -0.1) is 17.7 Å². The van der Waals surface area contributed by atoms with Gasteiger partial charge in [-0.25, -0.2) is 14.3 Å². The number of hydrogen-bond acceptors (Lipinski definition) is 7. The van der Waals surface area contributed by atoms with Gasteiger partial charge in [-0.3, -0.25) is 4.79 Å². The molecule has 1 aliphatic rings. The first-order valence-corrected chi connectivity index (χ1v) is 9.79. The number of nitrogens with one attached hydrogen (secondary N) is 2. The molecule has 30 heavy (non-hydrogen) atoms. The largest absolute Gasteiger partial charge is 0.434 e. The lowest BCUT2D eigenvalue weighted by atomic mass is 9.88. The number of carbonyl (C=O) groups excluding carboxylic acids is 1. The predicted octanol–water partition coefficient (Wildman–Crippen LogP) is 2.26. The van der Waals surface area contributed by atoms with Crippen LogP contribution in [0.15, 0.2) is 44.1 Å². The van der Waals surface area contributed by atoms with E-state index in [1.165, 1.54) is 6.07 Å². The molecule has 0 saturated carbocycles. The van der Waals surface area contributed by atoms with Crippen LogP contribution in [-0.4, -0.2) is 21.6 Å². The fourth-order valence-corrected chi connectivity index (χ4v) is 3.30. The van der Waals surface area contributed by atoms with Crippen LogP contribution in [0.25, 0.3) is 0 Å². The van der Waals surface area contributed by atoms with Gasteiger partial charge in [-0.2, -0.15) is 0 Å². The molecule has 1 aromatic carbocycles. The number of aromatic amines is 1. The SMILES string of the molecule is Cc1ccc(F)c(C(C)C(N)c2n[nH]c(=O)o2)c1C.NC(=O)C1=C(S)C=CC(Cl)N1. The van der Waals surface area contributed by atoms with Crippen LogP contribution >= 0.6 is 24.2 Å². The normalized spacial score (nSPS) is 17.6. The van der Waals surface area contributed by atoms with E-state index in [1.807, 2.05) is 13.8 Å². The number of H-pyrrole nitrogens is 1. The average molecular weight is 456 g/mol. The van der Waals surface area contributed by atoms with Gasteiger partial charge in [0.25, 0.3) is 5.91 Å². The molecule has 0 radical (unpaired) electrons. The number of thiol groups is 1. The van der Waals surface area contributed by atoms with E-state index in [0.29, 0.717) is 10.5 Å². The zero-order chi connectivity index (χ0) is 22.6. The smallest absolute Gasteiger partial charge is 0.391 e. The number of aryl methyl sites for hydroxylation is 1. The van der Waals surface area contributed by atoms with E-state index in [1.54, 1.807) is 25.1 Å². The second-order valence-corrected chi connectivity index (χ2v) is 7.65. The molecule has 0 saturated heterocycles. The quantitative estimate of drug-likeness (QED) is 0.272. The van der Waals surface area contributed by atoms with Crippen molar-refractivity contribution < 1.29 is 13.6 Å². The van der Waals surface area contributed by atoms with E-state index < -0.39 is 17.7 Å². The summed E-state index contributed by atoms with van der Waals surface area (Å²) in [4.78, 5) is 22.1. The highest BCUT2D eigenvalue weighted by molar-refractivity contribution is 7.84. The number of primary amides is 1. The van der Waals surface area contributed by atoms with Crippen LogP contribution in [0.1, 0.15) is 41.5 Å². The molecule has 3 unspecified atom stereocenters. The number of carbonyl (C=O) groups is 1. The molecule has 2 heterocycles. The van der Waals surface area contributed by atoms with Crippen LogP contribution in [0.4, 0.5) is 4.39 Å². The van der Waals surface area contributed by atoms with Crippen molar-refractivity contribution in [2.24, 2.45) is 11.5 Å². The van der Waals surface area contributed by atoms with E-state index in [2.05, 4.69) is 28.1 Å². The molecule has 3 atom stereocenters. The zero-order valence-electron chi connectivity index (χ0n) is 16.6. The van der Waals surface area contributed by atoms with E-state index in [9.17, 15) is 14.0 Å². The molecular formula is C19H23ClFN5O3S. The van der Waals surface area contributed by atoms with Gasteiger partial charge in [0.05, 0.1) is 6.04 Å². The lowest BCUT2D eigenvalue weighted by Crippen LogP contribution is -2.33. The van der Waals surface area contributed by atoms with Gasteiger partial charge >= 0.3 is 5.76 Å². The Morgan fingerprint density at radius 2 is 2.07 bits per heavy atom. The standard InChI is InChI=1S/C13H16FN3O2.C6H7ClN2OS/c1-6-4-5-9(14)10(7(6)2)8(3)11(15)12-16-17-13(18)19-12;7-4-2-1-3(11)5(9-4)6(8)10/h4-5,8,11H,15H2,1-3H3,(H,17,18);1-2,4,9,11H,(H2,8,10). The lowest BCUT2D eigenvalue weighted by Gasteiger charge is -2.20. The Morgan fingerprint density at radius 3 is 2.60 bits per heavy atom. The van der Waals surface area contributed by atoms with Crippen molar-refractivity contribution in [1.29, 1.82) is 0 Å². The Hall–Kier alpha value is -2.56. The van der Waals surface area contributed by atoms with Gasteiger partial charge in [0.1, 0.15) is 17.0 Å². The molecule has 0 fully saturated rings. The van der Waals surface area contributed by atoms with Gasteiger partial charge in [0, 0.05) is 10.8 Å². The molecule has 0 spiro atoms. The minimum absolute atomic E-state index is 0.0813. The van der Waals surface area contributed by atoms with Crippen molar-refractivity contribution in [2.75, 3.05) is 0 Å². The van der Waals surface area contributed by atoms with Crippen molar-refractivity contribution in [2.45, 2.75) is 38.2 Å². The second-order valence-electron chi connectivity index (χ2n) is 6.70. The summed E-state index contributed by atoms with van der Waals surface area (Å²) in [5.74, 6) is -1.81. The Labute approximate surface area is 183 Å². The van der Waals surface area contributed by atoms with Gasteiger partial charge in [0.15, 0.2) is 0 Å². The maximum absolute atomic E-state index is 14.0. The number of alkyl halides is 1. The summed E-state index contributed by atoms with van der Waals surface area (Å²) < 4.78 is 18.8. The minimum atomic E-state index is -0.686. The van der Waals surface area contributed by atoms with Gasteiger partial charge in [0.2, 0.25) is 5.89 Å². The summed E-state index contributed by atoms with van der Waals surface area (Å²) >= 11 is 9.65. The molecule has 1 aliphatic heterocycles. The molecule has 2 aromatic rings. The van der Waals surface area contributed by atoms with E-state index >= 15 is 0 Å². The van der Waals surface area contributed by atoms with Crippen molar-refractivity contribution in [3.63, 3.8) is 0 Å². The van der Waals surface area contributed by atoms with Crippen LogP contribution in [0.5, 0.6) is 0 Å². The highest BCUT2D eigenvalue weighted by Crippen LogP contribution is 2.32. The molecule has 11 heteroatoms. The lowest BCUT2D eigenvalue weighted by molar-refractivity contribution is -0.114. The Kier molecular flexibility index (Phi) is 7.88. The van der Waals surface area contributed by atoms with E-state index in [4.69, 9.17) is 27.5 Å². The molecule has 1 aromatic heterocycles. The fraction of sp³-hybridized carbons (Fsp3) is 0.316. The summed E-state index contributed by atoms with van der Waals surface area (Å²) in [7, 11) is 0. The summed E-state index contributed by atoms with van der Waals surface area (Å²) in [6.07, 6.45) is 3.31. The van der Waals surface area contributed by atoms with Gasteiger partial charge < -0.3 is 21.2 Å². The van der Waals surface area contributed by atoms with Crippen LogP contribution in [0.3, 0.4) is 0 Å². The number of aromatic nitrogens is 2.